The maximum atomic E-state index is 12.2. The van der Waals surface area contributed by atoms with Crippen molar-refractivity contribution < 1.29 is 9.59 Å². The van der Waals surface area contributed by atoms with E-state index in [2.05, 4.69) is 25.9 Å². The van der Waals surface area contributed by atoms with Crippen LogP contribution in [0.3, 0.4) is 0 Å². The van der Waals surface area contributed by atoms with Gasteiger partial charge in [-0.2, -0.15) is 10.2 Å². The van der Waals surface area contributed by atoms with Crippen LogP contribution in [0.25, 0.3) is 0 Å². The fourth-order valence-corrected chi connectivity index (χ4v) is 3.41. The number of aromatic nitrogens is 4. The summed E-state index contributed by atoms with van der Waals surface area (Å²) in [4.78, 5) is 24.4. The van der Waals surface area contributed by atoms with E-state index in [4.69, 9.17) is 0 Å². The van der Waals surface area contributed by atoms with Gasteiger partial charge in [0.1, 0.15) is 5.69 Å². The lowest BCUT2D eigenvalue weighted by molar-refractivity contribution is -0.116. The van der Waals surface area contributed by atoms with Gasteiger partial charge in [0.05, 0.1) is 6.54 Å². The Labute approximate surface area is 149 Å². The van der Waals surface area contributed by atoms with Crippen molar-refractivity contribution in [3.63, 3.8) is 0 Å². The van der Waals surface area contributed by atoms with Crippen LogP contribution >= 0.6 is 0 Å². The molecule has 8 nitrogen and oxygen atoms in total. The van der Waals surface area contributed by atoms with Gasteiger partial charge in [-0.25, -0.2) is 0 Å². The molecule has 1 aliphatic rings. The summed E-state index contributed by atoms with van der Waals surface area (Å²) in [6.07, 6.45) is 3.88. The number of amides is 2. The number of hydrogen-bond acceptors (Lipinski definition) is 4. The van der Waals surface area contributed by atoms with Gasteiger partial charge in [-0.3, -0.25) is 19.4 Å². The van der Waals surface area contributed by atoms with Crippen LogP contribution in [-0.4, -0.2) is 38.8 Å². The van der Waals surface area contributed by atoms with Gasteiger partial charge >= 0.3 is 0 Å². The molecule has 3 aromatic rings. The summed E-state index contributed by atoms with van der Waals surface area (Å²) in [5.41, 5.74) is 3.13. The Morgan fingerprint density at radius 1 is 1.35 bits per heavy atom. The van der Waals surface area contributed by atoms with E-state index in [1.165, 1.54) is 0 Å². The van der Waals surface area contributed by atoms with Gasteiger partial charge in [0.2, 0.25) is 5.91 Å². The van der Waals surface area contributed by atoms with Gasteiger partial charge in [-0.05, 0) is 17.2 Å². The van der Waals surface area contributed by atoms with Crippen LogP contribution in [0.5, 0.6) is 0 Å². The van der Waals surface area contributed by atoms with Crippen LogP contribution in [0, 0.1) is 0 Å². The molecule has 0 fully saturated rings. The molecular formula is C18H18N6O2. The monoisotopic (exact) mass is 350 g/mol. The van der Waals surface area contributed by atoms with Crippen molar-refractivity contribution in [2.45, 2.75) is 18.9 Å². The number of rotatable bonds is 4. The minimum absolute atomic E-state index is 0.119. The molecule has 1 aliphatic heterocycles. The van der Waals surface area contributed by atoms with Crippen LogP contribution in [0.4, 0.5) is 5.82 Å². The molecule has 1 atom stereocenters. The highest BCUT2D eigenvalue weighted by Crippen LogP contribution is 2.39. The molecular weight excluding hydrogens is 332 g/mol. The summed E-state index contributed by atoms with van der Waals surface area (Å²) >= 11 is 0. The highest BCUT2D eigenvalue weighted by molar-refractivity contribution is 6.00. The number of benzene rings is 1. The second-order valence-electron chi connectivity index (χ2n) is 6.15. The first kappa shape index (κ1) is 16.1. The third kappa shape index (κ3) is 2.75. The minimum Gasteiger partial charge on any atom is -0.354 e. The van der Waals surface area contributed by atoms with Crippen molar-refractivity contribution in [3.05, 3.63) is 65.1 Å². The molecule has 0 saturated carbocycles. The zero-order valence-electron chi connectivity index (χ0n) is 14.2. The Morgan fingerprint density at radius 3 is 2.96 bits per heavy atom. The third-order valence-corrected chi connectivity index (χ3v) is 4.58. The van der Waals surface area contributed by atoms with E-state index in [0.717, 1.165) is 16.7 Å². The first-order chi connectivity index (χ1) is 12.7. The van der Waals surface area contributed by atoms with Gasteiger partial charge in [-0.1, -0.05) is 24.3 Å². The Bertz CT molecular complexity index is 960. The fraction of sp³-hybridized carbons (Fsp3) is 0.222. The molecule has 2 aromatic heterocycles. The standard InChI is InChI=1S/C18H18N6O2/c1-19-18(26)16-15-13(9-14(25)21-17(15)23-22-16)12-6-3-2-5-11(12)10-24-8-4-7-20-24/h2-8,13H,9-10H2,1H3,(H,19,26)(H2,21,22,23,25). The maximum Gasteiger partial charge on any atom is 0.269 e. The lowest BCUT2D eigenvalue weighted by atomic mass is 9.83. The number of aromatic amines is 1. The molecule has 8 heteroatoms. The van der Waals surface area contributed by atoms with E-state index in [1.807, 2.05) is 41.2 Å². The largest absolute Gasteiger partial charge is 0.354 e. The van der Waals surface area contributed by atoms with Crippen molar-refractivity contribution in [3.8, 4) is 0 Å². The quantitative estimate of drug-likeness (QED) is 0.663. The molecule has 2 amide bonds. The van der Waals surface area contributed by atoms with Crippen molar-refractivity contribution in [2.24, 2.45) is 0 Å². The van der Waals surface area contributed by atoms with Gasteiger partial charge in [0.15, 0.2) is 5.82 Å². The molecule has 0 spiro atoms. The smallest absolute Gasteiger partial charge is 0.269 e. The number of fused-ring (bicyclic) bond motifs is 1. The highest BCUT2D eigenvalue weighted by atomic mass is 16.2. The average Bonchev–Trinajstić information content (AvgIpc) is 3.30. The first-order valence-corrected chi connectivity index (χ1v) is 8.32. The normalized spacial score (nSPS) is 16.0. The second-order valence-corrected chi connectivity index (χ2v) is 6.15. The molecule has 1 unspecified atom stereocenters. The summed E-state index contributed by atoms with van der Waals surface area (Å²) in [6, 6.07) is 9.78. The van der Waals surface area contributed by atoms with Crippen molar-refractivity contribution in [1.29, 1.82) is 0 Å². The molecule has 0 saturated heterocycles. The zero-order chi connectivity index (χ0) is 18.1. The van der Waals surface area contributed by atoms with Crippen LogP contribution < -0.4 is 10.6 Å². The summed E-state index contributed by atoms with van der Waals surface area (Å²) in [7, 11) is 1.57. The van der Waals surface area contributed by atoms with Crippen LogP contribution in [0.1, 0.15) is 39.5 Å². The number of nitrogens with zero attached hydrogens (tertiary/aromatic N) is 3. The summed E-state index contributed by atoms with van der Waals surface area (Å²) in [6.45, 7) is 0.587. The van der Waals surface area contributed by atoms with Crippen LogP contribution in [-0.2, 0) is 11.3 Å². The molecule has 0 radical (unpaired) electrons. The van der Waals surface area contributed by atoms with Crippen molar-refractivity contribution in [2.75, 3.05) is 12.4 Å². The van der Waals surface area contributed by atoms with Crippen LogP contribution in [0.2, 0.25) is 0 Å². The van der Waals surface area contributed by atoms with Crippen molar-refractivity contribution in [1.82, 2.24) is 25.3 Å². The van der Waals surface area contributed by atoms with E-state index in [1.54, 1.807) is 13.2 Å². The SMILES string of the molecule is CNC(=O)c1[nH]nc2c1C(c1ccccc1Cn1cccn1)CC(=O)N2. The molecule has 3 N–H and O–H groups in total. The molecule has 4 rings (SSSR count). The van der Waals surface area contributed by atoms with Gasteiger partial charge < -0.3 is 10.6 Å². The highest BCUT2D eigenvalue weighted by Gasteiger charge is 2.34. The number of carbonyl (C=O) groups excluding carboxylic acids is 2. The second kappa shape index (κ2) is 6.47. The lowest BCUT2D eigenvalue weighted by Gasteiger charge is -2.25. The fourth-order valence-electron chi connectivity index (χ4n) is 3.41. The number of carbonyl (C=O) groups is 2. The van der Waals surface area contributed by atoms with Gasteiger partial charge in [0.25, 0.3) is 5.91 Å². The van der Waals surface area contributed by atoms with E-state index >= 15 is 0 Å². The number of H-pyrrole nitrogens is 1. The molecule has 26 heavy (non-hydrogen) atoms. The number of nitrogens with one attached hydrogen (secondary N) is 3. The van der Waals surface area contributed by atoms with E-state index < -0.39 is 0 Å². The maximum absolute atomic E-state index is 12.2. The summed E-state index contributed by atoms with van der Waals surface area (Å²) in [5, 5.41) is 16.5. The first-order valence-electron chi connectivity index (χ1n) is 8.32. The molecule has 1 aromatic carbocycles. The van der Waals surface area contributed by atoms with E-state index in [0.29, 0.717) is 18.1 Å². The summed E-state index contributed by atoms with van der Waals surface area (Å²) in [5.74, 6) is -0.217. The van der Waals surface area contributed by atoms with E-state index in [-0.39, 0.29) is 24.2 Å². The number of anilines is 1. The van der Waals surface area contributed by atoms with E-state index in [9.17, 15) is 9.59 Å². The minimum atomic E-state index is -0.260. The van der Waals surface area contributed by atoms with Gasteiger partial charge in [0, 0.05) is 37.3 Å². The Morgan fingerprint density at radius 2 is 2.19 bits per heavy atom. The average molecular weight is 350 g/mol. The predicted molar refractivity (Wildman–Crippen MR) is 94.8 cm³/mol. The summed E-state index contributed by atoms with van der Waals surface area (Å²) < 4.78 is 1.83. The Kier molecular flexibility index (Phi) is 4.00. The van der Waals surface area contributed by atoms with Crippen molar-refractivity contribution >= 4 is 17.6 Å². The van der Waals surface area contributed by atoms with Crippen LogP contribution in [0.15, 0.2) is 42.7 Å². The molecule has 3 heterocycles. The van der Waals surface area contributed by atoms with Gasteiger partial charge in [-0.15, -0.1) is 0 Å². The third-order valence-electron chi connectivity index (χ3n) is 4.58. The molecule has 0 bridgehead atoms. The molecule has 132 valence electrons. The topological polar surface area (TPSA) is 105 Å². The molecule has 0 aliphatic carbocycles. The Balaban J connectivity index is 1.81. The Hall–Kier alpha value is -3.42. The lowest BCUT2D eigenvalue weighted by Crippen LogP contribution is -2.27. The predicted octanol–water partition coefficient (Wildman–Crippen LogP) is 1.49. The zero-order valence-corrected chi connectivity index (χ0v) is 14.2. The number of hydrogen-bond donors (Lipinski definition) is 3.